The zero-order chi connectivity index (χ0) is 23.3. The standard InChI is InChI=1S/2C13H24NSi.2ClH.Zr/c2*1-11(2)14(12(3)4)15(5,6)13-9-7-8-10-13;;;/h2*7,9,11-12H,8H2,1-6H3;2*1H;/q2*-1;;;+2. The Labute approximate surface area is 240 Å². The van der Waals surface area contributed by atoms with E-state index >= 15 is 0 Å². The first kappa shape index (κ1) is 38.3. The van der Waals surface area contributed by atoms with Crippen molar-refractivity contribution in [1.29, 1.82) is 0 Å². The van der Waals surface area contributed by atoms with Gasteiger partial charge in [-0.1, -0.05) is 81.6 Å². The van der Waals surface area contributed by atoms with Gasteiger partial charge in [0.1, 0.15) is 16.5 Å². The van der Waals surface area contributed by atoms with Crippen LogP contribution >= 0.6 is 24.8 Å². The summed E-state index contributed by atoms with van der Waals surface area (Å²) in [6.45, 7) is 28.1. The van der Waals surface area contributed by atoms with E-state index in [0.717, 1.165) is 12.8 Å². The number of allylic oxidation sites excluding steroid dienone is 8. The number of hydrogen-bond acceptors (Lipinski definition) is 2. The second-order valence-electron chi connectivity index (χ2n) is 10.7. The van der Waals surface area contributed by atoms with Crippen LogP contribution in [0.4, 0.5) is 0 Å². The molecule has 33 heavy (non-hydrogen) atoms. The first-order valence-electron chi connectivity index (χ1n) is 11.9. The van der Waals surface area contributed by atoms with Crippen molar-refractivity contribution in [2.24, 2.45) is 0 Å². The minimum Gasteiger partial charge on any atom is -0.318 e. The van der Waals surface area contributed by atoms with Crippen molar-refractivity contribution < 1.29 is 26.2 Å². The zero-order valence-corrected chi connectivity index (χ0v) is 29.3. The van der Waals surface area contributed by atoms with Crippen LogP contribution in [0.5, 0.6) is 0 Å². The van der Waals surface area contributed by atoms with Gasteiger partial charge in [0.05, 0.1) is 0 Å². The van der Waals surface area contributed by atoms with Crippen molar-refractivity contribution in [2.75, 3.05) is 0 Å². The molecule has 0 atom stereocenters. The maximum atomic E-state index is 3.51. The minimum absolute atomic E-state index is 0. The average Bonchev–Trinajstić information content (AvgIpc) is 3.28. The molecular weight excluding hydrogens is 559 g/mol. The van der Waals surface area contributed by atoms with Gasteiger partial charge in [-0.25, -0.2) is 22.5 Å². The van der Waals surface area contributed by atoms with Crippen molar-refractivity contribution >= 4 is 41.3 Å². The molecule has 0 aromatic carbocycles. The molecule has 0 spiro atoms. The fourth-order valence-electron chi connectivity index (χ4n) is 5.70. The van der Waals surface area contributed by atoms with Gasteiger partial charge in [-0.3, -0.25) is 12.2 Å². The smallest absolute Gasteiger partial charge is 0.318 e. The number of nitrogens with zero attached hydrogens (tertiary/aromatic N) is 2. The van der Waals surface area contributed by atoms with E-state index in [-0.39, 0.29) is 51.0 Å². The molecule has 2 aliphatic carbocycles. The van der Waals surface area contributed by atoms with Crippen LogP contribution in [0.15, 0.2) is 34.7 Å². The quantitative estimate of drug-likeness (QED) is 0.204. The Kier molecular flexibility index (Phi) is 19.2. The molecule has 0 saturated carbocycles. The van der Waals surface area contributed by atoms with E-state index in [0.29, 0.717) is 24.2 Å². The summed E-state index contributed by atoms with van der Waals surface area (Å²) in [6.07, 6.45) is 18.1. The van der Waals surface area contributed by atoms with Crippen molar-refractivity contribution in [3.63, 3.8) is 0 Å². The van der Waals surface area contributed by atoms with Gasteiger partial charge in [0.2, 0.25) is 0 Å². The van der Waals surface area contributed by atoms with Gasteiger partial charge in [-0.15, -0.1) is 37.7 Å². The summed E-state index contributed by atoms with van der Waals surface area (Å²) in [6, 6.07) is 2.48. The number of hydrogen-bond donors (Lipinski definition) is 0. The van der Waals surface area contributed by atoms with Crippen LogP contribution in [0, 0.1) is 12.2 Å². The second-order valence-corrected chi connectivity index (χ2v) is 19.0. The Morgan fingerprint density at radius 3 is 1.00 bits per heavy atom. The van der Waals surface area contributed by atoms with Crippen molar-refractivity contribution in [2.45, 2.75) is 119 Å². The number of rotatable bonds is 8. The molecule has 0 bridgehead atoms. The topological polar surface area (TPSA) is 6.48 Å². The molecule has 0 aromatic heterocycles. The monoisotopic (exact) mass is 606 g/mol. The predicted octanol–water partition coefficient (Wildman–Crippen LogP) is 7.92. The summed E-state index contributed by atoms with van der Waals surface area (Å²) in [5.41, 5.74) is 0. The molecule has 0 fully saturated rings. The van der Waals surface area contributed by atoms with E-state index in [4.69, 9.17) is 0 Å². The normalized spacial score (nSPS) is 15.5. The van der Waals surface area contributed by atoms with Gasteiger partial charge in [0, 0.05) is 0 Å². The third kappa shape index (κ3) is 10.3. The summed E-state index contributed by atoms with van der Waals surface area (Å²) in [5, 5.41) is 2.95. The molecule has 0 amide bonds. The molecule has 0 heterocycles. The molecule has 0 aliphatic heterocycles. The largest absolute Gasteiger partial charge is 2.00 e. The molecule has 190 valence electrons. The van der Waals surface area contributed by atoms with Crippen molar-refractivity contribution in [1.82, 2.24) is 9.13 Å². The summed E-state index contributed by atoms with van der Waals surface area (Å²) in [5.74, 6) is 0. The predicted molar refractivity (Wildman–Crippen MR) is 155 cm³/mol. The van der Waals surface area contributed by atoms with Gasteiger partial charge in [-0.05, 0) is 24.2 Å². The molecule has 0 N–H and O–H groups in total. The molecular formula is C26H50Cl2N2Si2Zr. The van der Waals surface area contributed by atoms with Crippen LogP contribution in [0.1, 0.15) is 68.2 Å². The van der Waals surface area contributed by atoms with Crippen LogP contribution in [-0.2, 0) is 26.2 Å². The van der Waals surface area contributed by atoms with E-state index < -0.39 is 16.5 Å². The summed E-state index contributed by atoms with van der Waals surface area (Å²) >= 11 is 0. The third-order valence-corrected chi connectivity index (χ3v) is 14.2. The number of halogens is 2. The Morgan fingerprint density at radius 2 is 0.848 bits per heavy atom. The van der Waals surface area contributed by atoms with E-state index in [2.05, 4.69) is 127 Å². The molecule has 2 nitrogen and oxygen atoms in total. The zero-order valence-electron chi connectivity index (χ0n) is 23.2. The van der Waals surface area contributed by atoms with Crippen LogP contribution in [0.3, 0.4) is 0 Å². The maximum Gasteiger partial charge on any atom is 2.00 e. The fourth-order valence-corrected chi connectivity index (χ4v) is 13.5. The summed E-state index contributed by atoms with van der Waals surface area (Å²) in [4.78, 5) is 0. The van der Waals surface area contributed by atoms with E-state index in [1.807, 2.05) is 0 Å². The van der Waals surface area contributed by atoms with Crippen LogP contribution in [-0.4, -0.2) is 49.8 Å². The Hall–Kier alpha value is 0.777. The first-order valence-corrected chi connectivity index (χ1v) is 17.8. The van der Waals surface area contributed by atoms with E-state index in [1.54, 1.807) is 0 Å². The molecule has 2 rings (SSSR count). The van der Waals surface area contributed by atoms with Crippen LogP contribution in [0.25, 0.3) is 0 Å². The van der Waals surface area contributed by atoms with Crippen LogP contribution in [0.2, 0.25) is 26.2 Å². The summed E-state index contributed by atoms with van der Waals surface area (Å²) < 4.78 is 5.37. The second kappa shape index (κ2) is 16.5. The molecule has 7 heteroatoms. The van der Waals surface area contributed by atoms with Gasteiger partial charge in [-0.2, -0.15) is 12.2 Å². The average molecular weight is 609 g/mol. The van der Waals surface area contributed by atoms with E-state index in [1.165, 1.54) is 10.4 Å². The Bertz CT molecular complexity index is 608. The third-order valence-electron chi connectivity index (χ3n) is 6.22. The molecule has 0 aromatic rings. The Morgan fingerprint density at radius 1 is 0.606 bits per heavy atom. The first-order chi connectivity index (χ1) is 13.7. The molecule has 0 unspecified atom stereocenters. The van der Waals surface area contributed by atoms with E-state index in [9.17, 15) is 0 Å². The van der Waals surface area contributed by atoms with Crippen molar-refractivity contribution in [3.05, 3.63) is 46.8 Å². The van der Waals surface area contributed by atoms with Gasteiger partial charge < -0.3 is 9.13 Å². The minimum atomic E-state index is -1.47. The van der Waals surface area contributed by atoms with Gasteiger partial charge in [0.25, 0.3) is 0 Å². The van der Waals surface area contributed by atoms with Gasteiger partial charge >= 0.3 is 26.2 Å². The van der Waals surface area contributed by atoms with Crippen LogP contribution < -0.4 is 0 Å². The van der Waals surface area contributed by atoms with Gasteiger partial charge in [0.15, 0.2) is 0 Å². The fraction of sp³-hybridized carbons (Fsp3) is 0.692. The molecule has 0 saturated heterocycles. The molecule has 0 radical (unpaired) electrons. The molecule has 2 aliphatic rings. The van der Waals surface area contributed by atoms with Crippen molar-refractivity contribution in [3.8, 4) is 0 Å². The SMILES string of the molecule is CC(C)N(C(C)C)[Si](C)(C)C1=[C-]CC=C1.CC(C)N(C(C)C)[Si](C)(C)C1=[C-]CC=C1.Cl.Cl.[Zr+2]. The Balaban J connectivity index is -0.000000500. The summed E-state index contributed by atoms with van der Waals surface area (Å²) in [7, 11) is -2.95. The maximum absolute atomic E-state index is 3.51.